The maximum atomic E-state index is 11.5. The van der Waals surface area contributed by atoms with Gasteiger partial charge in [-0.1, -0.05) is 17.7 Å². The Hall–Kier alpha value is -2.01. The number of carbonyl (C=O) groups excluding carboxylic acids is 1. The summed E-state index contributed by atoms with van der Waals surface area (Å²) in [4.78, 5) is 18.4. The van der Waals surface area contributed by atoms with Crippen molar-refractivity contribution in [1.82, 2.24) is 15.3 Å². The van der Waals surface area contributed by atoms with Gasteiger partial charge in [-0.05, 0) is 18.2 Å². The van der Waals surface area contributed by atoms with Gasteiger partial charge in [0.25, 0.3) is 5.91 Å². The topological polar surface area (TPSA) is 67.0 Å². The zero-order chi connectivity index (χ0) is 12.8. The smallest absolute Gasteiger partial charge is 0.258 e. The molecule has 0 atom stereocenters. The molecule has 1 heterocycles. The van der Waals surface area contributed by atoms with Crippen molar-refractivity contribution >= 4 is 17.5 Å². The van der Waals surface area contributed by atoms with Crippen LogP contribution in [0, 0.1) is 0 Å². The lowest BCUT2D eigenvalue weighted by Crippen LogP contribution is -2.28. The van der Waals surface area contributed by atoms with Crippen LogP contribution in [0.4, 0.5) is 0 Å². The van der Waals surface area contributed by atoms with Crippen molar-refractivity contribution in [3.05, 3.63) is 47.5 Å². The number of hydrogen-bond donors (Lipinski definition) is 2. The molecule has 1 amide bonds. The van der Waals surface area contributed by atoms with Gasteiger partial charge in [-0.2, -0.15) is 0 Å². The molecule has 0 saturated carbocycles. The number of nitrogens with zero attached hydrogens (tertiary/aromatic N) is 1. The molecule has 0 radical (unpaired) electrons. The Balaban J connectivity index is 1.75. The number of aromatic nitrogens is 2. The first-order chi connectivity index (χ1) is 8.74. The van der Waals surface area contributed by atoms with E-state index in [1.807, 2.05) is 0 Å². The quantitative estimate of drug-likeness (QED) is 0.866. The van der Waals surface area contributed by atoms with E-state index in [0.29, 0.717) is 23.1 Å². The highest BCUT2D eigenvalue weighted by atomic mass is 35.5. The number of nitrogens with one attached hydrogen (secondary N) is 2. The predicted octanol–water partition coefficient (Wildman–Crippen LogP) is 1.76. The molecule has 0 aliphatic heterocycles. The van der Waals surface area contributed by atoms with E-state index in [0.717, 1.165) is 0 Å². The minimum absolute atomic E-state index is 0.0545. The SMILES string of the molecule is O=C(COc1cccc(Cl)c1)NCc1ncc[nH]1. The second-order valence-corrected chi connectivity index (χ2v) is 4.00. The summed E-state index contributed by atoms with van der Waals surface area (Å²) in [5, 5.41) is 3.25. The van der Waals surface area contributed by atoms with Gasteiger partial charge in [0.2, 0.25) is 0 Å². The highest BCUT2D eigenvalue weighted by Gasteiger charge is 2.03. The molecule has 0 unspecified atom stereocenters. The van der Waals surface area contributed by atoms with Crippen molar-refractivity contribution in [3.8, 4) is 5.75 Å². The second kappa shape index (κ2) is 6.07. The van der Waals surface area contributed by atoms with Crippen LogP contribution < -0.4 is 10.1 Å². The number of aromatic amines is 1. The summed E-state index contributed by atoms with van der Waals surface area (Å²) in [6.45, 7) is 0.297. The van der Waals surface area contributed by atoms with E-state index >= 15 is 0 Å². The van der Waals surface area contributed by atoms with Crippen molar-refractivity contribution < 1.29 is 9.53 Å². The predicted molar refractivity (Wildman–Crippen MR) is 67.4 cm³/mol. The fourth-order valence-electron chi connectivity index (χ4n) is 1.33. The molecule has 6 heteroatoms. The number of carbonyl (C=O) groups is 1. The van der Waals surface area contributed by atoms with Crippen LogP contribution in [-0.4, -0.2) is 22.5 Å². The Labute approximate surface area is 109 Å². The second-order valence-electron chi connectivity index (χ2n) is 3.56. The monoisotopic (exact) mass is 265 g/mol. The fourth-order valence-corrected chi connectivity index (χ4v) is 1.51. The first-order valence-electron chi connectivity index (χ1n) is 5.37. The molecule has 0 spiro atoms. The van der Waals surface area contributed by atoms with Crippen LogP contribution in [0.3, 0.4) is 0 Å². The summed E-state index contributed by atoms with van der Waals surface area (Å²) in [6.07, 6.45) is 3.33. The van der Waals surface area contributed by atoms with Gasteiger partial charge in [-0.15, -0.1) is 0 Å². The molecule has 0 aliphatic rings. The van der Waals surface area contributed by atoms with E-state index in [2.05, 4.69) is 15.3 Å². The molecule has 1 aromatic carbocycles. The molecular weight excluding hydrogens is 254 g/mol. The molecule has 0 aliphatic carbocycles. The Morgan fingerprint density at radius 3 is 3.11 bits per heavy atom. The zero-order valence-electron chi connectivity index (χ0n) is 9.52. The van der Waals surface area contributed by atoms with Crippen LogP contribution in [0.1, 0.15) is 5.82 Å². The summed E-state index contributed by atoms with van der Waals surface area (Å²) in [5.41, 5.74) is 0. The summed E-state index contributed by atoms with van der Waals surface area (Å²) in [7, 11) is 0. The van der Waals surface area contributed by atoms with Gasteiger partial charge in [0.1, 0.15) is 11.6 Å². The maximum Gasteiger partial charge on any atom is 0.258 e. The van der Waals surface area contributed by atoms with Crippen LogP contribution in [0.2, 0.25) is 5.02 Å². The number of amides is 1. The van der Waals surface area contributed by atoms with E-state index in [9.17, 15) is 4.79 Å². The molecule has 2 N–H and O–H groups in total. The normalized spacial score (nSPS) is 10.1. The number of halogens is 1. The van der Waals surface area contributed by atoms with Gasteiger partial charge in [0.05, 0.1) is 6.54 Å². The van der Waals surface area contributed by atoms with Crippen LogP contribution in [0.15, 0.2) is 36.7 Å². The van der Waals surface area contributed by atoms with Gasteiger partial charge in [0, 0.05) is 17.4 Å². The molecule has 5 nitrogen and oxygen atoms in total. The van der Waals surface area contributed by atoms with Gasteiger partial charge >= 0.3 is 0 Å². The maximum absolute atomic E-state index is 11.5. The largest absolute Gasteiger partial charge is 0.484 e. The van der Waals surface area contributed by atoms with E-state index in [4.69, 9.17) is 16.3 Å². The Bertz CT molecular complexity index is 514. The van der Waals surface area contributed by atoms with Crippen LogP contribution in [-0.2, 0) is 11.3 Å². The first kappa shape index (κ1) is 12.4. The number of imidazole rings is 1. The van der Waals surface area contributed by atoms with Crippen LogP contribution >= 0.6 is 11.6 Å². The highest BCUT2D eigenvalue weighted by Crippen LogP contribution is 2.16. The Morgan fingerprint density at radius 2 is 2.39 bits per heavy atom. The van der Waals surface area contributed by atoms with Crippen molar-refractivity contribution in [2.45, 2.75) is 6.54 Å². The minimum atomic E-state index is -0.216. The molecule has 2 rings (SSSR count). The van der Waals surface area contributed by atoms with Gasteiger partial charge in [-0.25, -0.2) is 4.98 Å². The summed E-state index contributed by atoms with van der Waals surface area (Å²) in [5.74, 6) is 1.05. The van der Waals surface area contributed by atoms with Gasteiger partial charge in [0.15, 0.2) is 6.61 Å². The molecule has 1 aromatic heterocycles. The van der Waals surface area contributed by atoms with Crippen molar-refractivity contribution in [1.29, 1.82) is 0 Å². The molecule has 94 valence electrons. The van der Waals surface area contributed by atoms with Crippen LogP contribution in [0.25, 0.3) is 0 Å². The minimum Gasteiger partial charge on any atom is -0.484 e. The third-order valence-electron chi connectivity index (χ3n) is 2.17. The number of ether oxygens (including phenoxy) is 1. The highest BCUT2D eigenvalue weighted by molar-refractivity contribution is 6.30. The Kier molecular flexibility index (Phi) is 4.20. The van der Waals surface area contributed by atoms with Crippen molar-refractivity contribution in [3.63, 3.8) is 0 Å². The fraction of sp³-hybridized carbons (Fsp3) is 0.167. The van der Waals surface area contributed by atoms with E-state index in [1.54, 1.807) is 36.7 Å². The third kappa shape index (κ3) is 3.78. The average molecular weight is 266 g/mol. The van der Waals surface area contributed by atoms with Crippen molar-refractivity contribution in [2.75, 3.05) is 6.61 Å². The zero-order valence-corrected chi connectivity index (χ0v) is 10.3. The Morgan fingerprint density at radius 1 is 1.50 bits per heavy atom. The summed E-state index contributed by atoms with van der Waals surface area (Å²) >= 11 is 5.80. The molecule has 18 heavy (non-hydrogen) atoms. The number of rotatable bonds is 5. The lowest BCUT2D eigenvalue weighted by atomic mass is 10.3. The van der Waals surface area contributed by atoms with E-state index in [1.165, 1.54) is 0 Å². The van der Waals surface area contributed by atoms with E-state index in [-0.39, 0.29) is 12.5 Å². The van der Waals surface area contributed by atoms with Gasteiger partial charge in [-0.3, -0.25) is 4.79 Å². The molecule has 2 aromatic rings. The first-order valence-corrected chi connectivity index (χ1v) is 5.75. The van der Waals surface area contributed by atoms with Crippen LogP contribution in [0.5, 0.6) is 5.75 Å². The van der Waals surface area contributed by atoms with Crippen molar-refractivity contribution in [2.24, 2.45) is 0 Å². The third-order valence-corrected chi connectivity index (χ3v) is 2.41. The average Bonchev–Trinajstić information content (AvgIpc) is 2.87. The van der Waals surface area contributed by atoms with E-state index < -0.39 is 0 Å². The molecule has 0 fully saturated rings. The molecular formula is C12H12ClN3O2. The van der Waals surface area contributed by atoms with Gasteiger partial charge < -0.3 is 15.0 Å². The lowest BCUT2D eigenvalue weighted by molar-refractivity contribution is -0.123. The molecule has 0 bridgehead atoms. The number of H-pyrrole nitrogens is 1. The lowest BCUT2D eigenvalue weighted by Gasteiger charge is -2.06. The standard InChI is InChI=1S/C12H12ClN3O2/c13-9-2-1-3-10(6-9)18-8-12(17)16-7-11-14-4-5-15-11/h1-6H,7-8H2,(H,14,15)(H,16,17). The molecule has 0 saturated heterocycles. The number of hydrogen-bond acceptors (Lipinski definition) is 3. The summed E-state index contributed by atoms with van der Waals surface area (Å²) < 4.78 is 5.29. The summed E-state index contributed by atoms with van der Waals surface area (Å²) in [6, 6.07) is 6.90. The number of benzene rings is 1.